The maximum atomic E-state index is 12.2. The summed E-state index contributed by atoms with van der Waals surface area (Å²) >= 11 is -0.265. The predicted octanol–water partition coefficient (Wildman–Crippen LogP) is 3.41. The molecule has 1 N–H and O–H groups in total. The molecular weight excluding hydrogens is 347 g/mol. The van der Waals surface area contributed by atoms with Gasteiger partial charge in [-0.1, -0.05) is 0 Å². The molecule has 2 amide bonds. The van der Waals surface area contributed by atoms with E-state index in [0.29, 0.717) is 0 Å². The molecule has 0 aliphatic carbocycles. The van der Waals surface area contributed by atoms with Crippen LogP contribution in [0.15, 0.2) is 34.2 Å². The van der Waals surface area contributed by atoms with Crippen LogP contribution in [0.3, 0.4) is 0 Å². The molecule has 128 valence electrons. The van der Waals surface area contributed by atoms with Gasteiger partial charge in [0.1, 0.15) is 0 Å². The number of amides is 2. The number of nitrogens with one attached hydrogen (secondary N) is 1. The second-order valence-electron chi connectivity index (χ2n) is 4.14. The van der Waals surface area contributed by atoms with Crippen LogP contribution in [0.2, 0.25) is 0 Å². The van der Waals surface area contributed by atoms with Crippen LogP contribution >= 0.6 is 11.8 Å². The van der Waals surface area contributed by atoms with E-state index in [-0.39, 0.29) is 29.0 Å². The van der Waals surface area contributed by atoms with Crippen molar-refractivity contribution in [3.8, 4) is 6.07 Å². The van der Waals surface area contributed by atoms with Gasteiger partial charge in [-0.05, 0) is 43.0 Å². The Kier molecular flexibility index (Phi) is 7.26. The largest absolute Gasteiger partial charge is 0.450 e. The number of rotatable bonds is 5. The monoisotopic (exact) mass is 359 g/mol. The standard InChI is InChI=1S/C14H12F3N3O3S/c1-2-23-13(22)20-12(21)9(7-18)8-19-10-3-5-11(6-4-10)24-14(15,16)17/h3-6,8-9H,2H2,1H3,(H,20,21,22). The molecule has 1 atom stereocenters. The molecule has 0 fully saturated rings. The van der Waals surface area contributed by atoms with E-state index in [2.05, 4.69) is 9.73 Å². The van der Waals surface area contributed by atoms with Gasteiger partial charge < -0.3 is 4.74 Å². The highest BCUT2D eigenvalue weighted by Crippen LogP contribution is 2.37. The highest BCUT2D eigenvalue weighted by Gasteiger charge is 2.29. The van der Waals surface area contributed by atoms with E-state index in [1.807, 2.05) is 5.32 Å². The van der Waals surface area contributed by atoms with Gasteiger partial charge in [-0.15, -0.1) is 0 Å². The zero-order valence-corrected chi connectivity index (χ0v) is 13.1. The van der Waals surface area contributed by atoms with Crippen LogP contribution in [-0.4, -0.2) is 30.3 Å². The van der Waals surface area contributed by atoms with Crippen LogP contribution in [0.1, 0.15) is 6.92 Å². The van der Waals surface area contributed by atoms with Crippen LogP contribution < -0.4 is 5.32 Å². The summed E-state index contributed by atoms with van der Waals surface area (Å²) in [5, 5.41) is 10.8. The van der Waals surface area contributed by atoms with Gasteiger partial charge in [-0.25, -0.2) is 4.79 Å². The van der Waals surface area contributed by atoms with Crippen LogP contribution in [-0.2, 0) is 9.53 Å². The number of aliphatic imine (C=N–C) groups is 1. The van der Waals surface area contributed by atoms with E-state index in [9.17, 15) is 22.8 Å². The zero-order chi connectivity index (χ0) is 18.2. The number of carbonyl (C=O) groups is 2. The lowest BCUT2D eigenvalue weighted by Gasteiger charge is -2.06. The van der Waals surface area contributed by atoms with Crippen LogP contribution in [0.4, 0.5) is 23.7 Å². The molecule has 10 heteroatoms. The summed E-state index contributed by atoms with van der Waals surface area (Å²) in [7, 11) is 0. The third kappa shape index (κ3) is 7.15. The Morgan fingerprint density at radius 3 is 2.54 bits per heavy atom. The molecule has 0 saturated carbocycles. The summed E-state index contributed by atoms with van der Waals surface area (Å²) in [6.07, 6.45) is 0.00479. The zero-order valence-electron chi connectivity index (χ0n) is 12.3. The molecule has 24 heavy (non-hydrogen) atoms. The number of halogens is 3. The number of thioether (sulfide) groups is 1. The second kappa shape index (κ2) is 8.93. The van der Waals surface area contributed by atoms with Crippen molar-refractivity contribution in [3.05, 3.63) is 24.3 Å². The molecule has 0 aromatic heterocycles. The molecule has 0 saturated heterocycles. The Hall–Kier alpha value is -2.54. The summed E-state index contributed by atoms with van der Waals surface area (Å²) in [6.45, 7) is 1.61. The highest BCUT2D eigenvalue weighted by molar-refractivity contribution is 8.00. The molecule has 1 aromatic carbocycles. The Bertz CT molecular complexity index is 654. The Balaban J connectivity index is 2.70. The Morgan fingerprint density at radius 2 is 2.04 bits per heavy atom. The molecule has 0 aliphatic rings. The van der Waals surface area contributed by atoms with Gasteiger partial charge in [0.15, 0.2) is 5.92 Å². The van der Waals surface area contributed by atoms with Gasteiger partial charge in [0.05, 0.1) is 18.4 Å². The summed E-state index contributed by atoms with van der Waals surface area (Å²) in [6, 6.07) is 6.68. The summed E-state index contributed by atoms with van der Waals surface area (Å²) in [5.41, 5.74) is -4.13. The van der Waals surface area contributed by atoms with Crippen molar-refractivity contribution >= 4 is 35.7 Å². The summed E-state index contributed by atoms with van der Waals surface area (Å²) in [4.78, 5) is 26.6. The molecule has 0 heterocycles. The van der Waals surface area contributed by atoms with Gasteiger partial charge in [0, 0.05) is 11.1 Å². The first kappa shape index (κ1) is 19.5. The number of nitrogens with zero attached hydrogens (tertiary/aromatic N) is 2. The quantitative estimate of drug-likeness (QED) is 0.642. The van der Waals surface area contributed by atoms with Crippen molar-refractivity contribution in [2.75, 3.05) is 6.61 Å². The lowest BCUT2D eigenvalue weighted by atomic mass is 10.2. The van der Waals surface area contributed by atoms with E-state index in [0.717, 1.165) is 6.21 Å². The maximum Gasteiger partial charge on any atom is 0.446 e. The predicted molar refractivity (Wildman–Crippen MR) is 80.8 cm³/mol. The molecular formula is C14H12F3N3O3S. The van der Waals surface area contributed by atoms with Crippen LogP contribution in [0, 0.1) is 17.2 Å². The lowest BCUT2D eigenvalue weighted by molar-refractivity contribution is -0.121. The molecule has 0 bridgehead atoms. The minimum atomic E-state index is -4.39. The second-order valence-corrected chi connectivity index (χ2v) is 5.27. The van der Waals surface area contributed by atoms with E-state index in [4.69, 9.17) is 5.26 Å². The minimum absolute atomic E-state index is 0.0154. The highest BCUT2D eigenvalue weighted by atomic mass is 32.2. The smallest absolute Gasteiger partial charge is 0.446 e. The summed E-state index contributed by atoms with van der Waals surface area (Å²) < 4.78 is 41.1. The van der Waals surface area contributed by atoms with Crippen LogP contribution in [0.25, 0.3) is 0 Å². The van der Waals surface area contributed by atoms with Gasteiger partial charge in [-0.2, -0.15) is 18.4 Å². The number of benzene rings is 1. The molecule has 0 spiro atoms. The first-order chi connectivity index (χ1) is 11.2. The number of alkyl carbamates (subject to hydrolysis) is 1. The van der Waals surface area contributed by atoms with E-state index < -0.39 is 23.4 Å². The number of hydrogen-bond acceptors (Lipinski definition) is 6. The average molecular weight is 359 g/mol. The maximum absolute atomic E-state index is 12.2. The molecule has 1 unspecified atom stereocenters. The van der Waals surface area contributed by atoms with Crippen molar-refractivity contribution in [3.63, 3.8) is 0 Å². The fourth-order valence-corrected chi connectivity index (χ4v) is 1.94. The van der Waals surface area contributed by atoms with Crippen molar-refractivity contribution in [2.45, 2.75) is 17.3 Å². The minimum Gasteiger partial charge on any atom is -0.450 e. The number of imide groups is 1. The van der Waals surface area contributed by atoms with Crippen molar-refractivity contribution in [1.29, 1.82) is 5.26 Å². The van der Waals surface area contributed by atoms with Crippen molar-refractivity contribution < 1.29 is 27.5 Å². The molecule has 0 aliphatic heterocycles. The molecule has 6 nitrogen and oxygen atoms in total. The number of ether oxygens (including phenoxy) is 1. The Labute approximate surface area is 139 Å². The first-order valence-electron chi connectivity index (χ1n) is 6.52. The van der Waals surface area contributed by atoms with E-state index in [1.54, 1.807) is 13.0 Å². The van der Waals surface area contributed by atoms with E-state index in [1.165, 1.54) is 24.3 Å². The SMILES string of the molecule is CCOC(=O)NC(=O)C(C#N)C=Nc1ccc(SC(F)(F)F)cc1. The molecule has 0 radical (unpaired) electrons. The van der Waals surface area contributed by atoms with Gasteiger partial charge in [0.2, 0.25) is 0 Å². The number of alkyl halides is 3. The van der Waals surface area contributed by atoms with Gasteiger partial charge >= 0.3 is 11.6 Å². The van der Waals surface area contributed by atoms with E-state index >= 15 is 0 Å². The Morgan fingerprint density at radius 1 is 1.42 bits per heavy atom. The number of carbonyl (C=O) groups excluding carboxylic acids is 2. The lowest BCUT2D eigenvalue weighted by Crippen LogP contribution is -2.36. The first-order valence-corrected chi connectivity index (χ1v) is 7.34. The molecule has 1 aromatic rings. The third-order valence-corrected chi connectivity index (χ3v) is 3.10. The number of nitriles is 1. The van der Waals surface area contributed by atoms with Crippen molar-refractivity contribution in [1.82, 2.24) is 5.32 Å². The topological polar surface area (TPSA) is 91.5 Å². The van der Waals surface area contributed by atoms with Gasteiger partial charge in [-0.3, -0.25) is 15.1 Å². The summed E-state index contributed by atoms with van der Waals surface area (Å²) in [5.74, 6) is -2.26. The van der Waals surface area contributed by atoms with Crippen LogP contribution in [0.5, 0.6) is 0 Å². The number of hydrogen-bond donors (Lipinski definition) is 1. The normalized spacial score (nSPS) is 12.5. The fraction of sp³-hybridized carbons (Fsp3) is 0.286. The van der Waals surface area contributed by atoms with Crippen molar-refractivity contribution in [2.24, 2.45) is 10.9 Å². The van der Waals surface area contributed by atoms with Gasteiger partial charge in [0.25, 0.3) is 5.91 Å². The average Bonchev–Trinajstić information content (AvgIpc) is 2.48. The third-order valence-electron chi connectivity index (χ3n) is 2.37. The molecule has 1 rings (SSSR count). The fourth-order valence-electron chi connectivity index (χ4n) is 1.40.